The summed E-state index contributed by atoms with van der Waals surface area (Å²) in [5.74, 6) is 2.09. The minimum atomic E-state index is 0.783. The number of morpholine rings is 1. The summed E-state index contributed by atoms with van der Waals surface area (Å²) < 4.78 is 5.59. The number of fused-ring (bicyclic) bond motifs is 1. The molecule has 148 valence electrons. The molecule has 6 heteroatoms. The Labute approximate surface area is 167 Å². The van der Waals surface area contributed by atoms with Gasteiger partial charge in [-0.2, -0.15) is 4.98 Å². The van der Waals surface area contributed by atoms with Crippen molar-refractivity contribution >= 4 is 11.8 Å². The zero-order valence-corrected chi connectivity index (χ0v) is 16.5. The monoisotopic (exact) mass is 379 g/mol. The van der Waals surface area contributed by atoms with Gasteiger partial charge < -0.3 is 14.5 Å². The average Bonchev–Trinajstić information content (AvgIpc) is 3.29. The van der Waals surface area contributed by atoms with Crippen LogP contribution in [-0.4, -0.2) is 60.8 Å². The van der Waals surface area contributed by atoms with Crippen molar-refractivity contribution in [3.05, 3.63) is 47.2 Å². The van der Waals surface area contributed by atoms with Crippen LogP contribution in [0.25, 0.3) is 0 Å². The van der Waals surface area contributed by atoms with E-state index in [9.17, 15) is 0 Å². The van der Waals surface area contributed by atoms with Gasteiger partial charge >= 0.3 is 0 Å². The Kier molecular flexibility index (Phi) is 5.14. The largest absolute Gasteiger partial charge is 0.378 e. The molecule has 6 nitrogen and oxygen atoms in total. The molecule has 1 aromatic heterocycles. The summed E-state index contributed by atoms with van der Waals surface area (Å²) in [5.41, 5.74) is 3.95. The van der Waals surface area contributed by atoms with Crippen LogP contribution >= 0.6 is 0 Å². The number of ether oxygens (including phenoxy) is 1. The molecule has 0 radical (unpaired) electrons. The van der Waals surface area contributed by atoms with Gasteiger partial charge in [-0.25, -0.2) is 4.98 Å². The maximum atomic E-state index is 5.59. The molecule has 0 bridgehead atoms. The maximum absolute atomic E-state index is 5.59. The number of hydrogen-bond acceptors (Lipinski definition) is 6. The fourth-order valence-corrected chi connectivity index (χ4v) is 4.51. The molecule has 3 aliphatic heterocycles. The zero-order chi connectivity index (χ0) is 18.8. The van der Waals surface area contributed by atoms with E-state index in [0.717, 1.165) is 77.2 Å². The molecule has 0 atom stereocenters. The van der Waals surface area contributed by atoms with Gasteiger partial charge in [-0.15, -0.1) is 0 Å². The zero-order valence-electron chi connectivity index (χ0n) is 16.5. The van der Waals surface area contributed by atoms with Crippen molar-refractivity contribution in [1.29, 1.82) is 0 Å². The highest BCUT2D eigenvalue weighted by Crippen LogP contribution is 2.31. The lowest BCUT2D eigenvalue weighted by atomic mass is 10.0. The lowest BCUT2D eigenvalue weighted by Crippen LogP contribution is -2.40. The number of hydrogen-bond donors (Lipinski definition) is 0. The molecule has 0 spiro atoms. The van der Waals surface area contributed by atoms with Gasteiger partial charge in [0.15, 0.2) is 0 Å². The first kappa shape index (κ1) is 17.9. The number of aromatic nitrogens is 2. The van der Waals surface area contributed by atoms with E-state index in [4.69, 9.17) is 14.7 Å². The molecule has 0 N–H and O–H groups in total. The smallest absolute Gasteiger partial charge is 0.227 e. The highest BCUT2D eigenvalue weighted by atomic mass is 16.5. The first-order valence-electron chi connectivity index (χ1n) is 10.6. The second kappa shape index (κ2) is 8.05. The predicted octanol–water partition coefficient (Wildman–Crippen LogP) is 2.47. The third-order valence-corrected chi connectivity index (χ3v) is 6.05. The van der Waals surface area contributed by atoms with E-state index in [1.165, 1.54) is 29.7 Å². The topological polar surface area (TPSA) is 44.7 Å². The quantitative estimate of drug-likeness (QED) is 0.813. The SMILES string of the molecule is c1ccc(CN2CCc3nc(N4CCCC4)nc(N4CCOCC4)c3C2)cc1. The van der Waals surface area contributed by atoms with E-state index < -0.39 is 0 Å². The fraction of sp³-hybridized carbons (Fsp3) is 0.545. The molecule has 4 heterocycles. The molecule has 0 unspecified atom stereocenters. The standard InChI is InChI=1S/C22H29N5O/c1-2-6-18(7-3-1)16-25-11-8-20-19(17-25)21(26-12-14-28-15-13-26)24-22(23-20)27-9-4-5-10-27/h1-3,6-7H,4-5,8-17H2. The molecule has 3 aliphatic rings. The molecular weight excluding hydrogens is 350 g/mol. The Morgan fingerprint density at radius 2 is 1.64 bits per heavy atom. The molecule has 28 heavy (non-hydrogen) atoms. The Morgan fingerprint density at radius 3 is 2.43 bits per heavy atom. The molecule has 2 aromatic rings. The molecular formula is C22H29N5O. The number of anilines is 2. The van der Waals surface area contributed by atoms with Crippen LogP contribution in [0.1, 0.15) is 29.7 Å². The summed E-state index contributed by atoms with van der Waals surface area (Å²) in [4.78, 5) is 17.4. The van der Waals surface area contributed by atoms with Gasteiger partial charge in [0.25, 0.3) is 0 Å². The van der Waals surface area contributed by atoms with Crippen molar-refractivity contribution in [1.82, 2.24) is 14.9 Å². The molecule has 2 fully saturated rings. The van der Waals surface area contributed by atoms with Crippen LogP contribution in [0.3, 0.4) is 0 Å². The minimum Gasteiger partial charge on any atom is -0.378 e. The molecule has 0 saturated carbocycles. The van der Waals surface area contributed by atoms with Crippen LogP contribution in [0.4, 0.5) is 11.8 Å². The summed E-state index contributed by atoms with van der Waals surface area (Å²) in [6, 6.07) is 10.8. The van der Waals surface area contributed by atoms with Crippen molar-refractivity contribution < 1.29 is 4.74 Å². The van der Waals surface area contributed by atoms with Gasteiger partial charge in [-0.3, -0.25) is 4.90 Å². The van der Waals surface area contributed by atoms with E-state index in [-0.39, 0.29) is 0 Å². The van der Waals surface area contributed by atoms with Crippen molar-refractivity contribution in [3.8, 4) is 0 Å². The third-order valence-electron chi connectivity index (χ3n) is 6.05. The second-order valence-electron chi connectivity index (χ2n) is 8.01. The second-order valence-corrected chi connectivity index (χ2v) is 8.01. The Morgan fingerprint density at radius 1 is 0.857 bits per heavy atom. The highest BCUT2D eigenvalue weighted by Gasteiger charge is 2.28. The summed E-state index contributed by atoms with van der Waals surface area (Å²) in [6.07, 6.45) is 3.50. The van der Waals surface area contributed by atoms with E-state index in [1.54, 1.807) is 0 Å². The highest BCUT2D eigenvalue weighted by molar-refractivity contribution is 5.54. The van der Waals surface area contributed by atoms with Gasteiger partial charge in [0.1, 0.15) is 5.82 Å². The normalized spacial score (nSPS) is 20.4. The summed E-state index contributed by atoms with van der Waals surface area (Å²) in [7, 11) is 0. The van der Waals surface area contributed by atoms with Crippen molar-refractivity contribution in [2.75, 3.05) is 55.7 Å². The lowest BCUT2D eigenvalue weighted by Gasteiger charge is -2.35. The van der Waals surface area contributed by atoms with Crippen molar-refractivity contribution in [2.45, 2.75) is 32.4 Å². The average molecular weight is 380 g/mol. The molecule has 5 rings (SSSR count). The minimum absolute atomic E-state index is 0.783. The van der Waals surface area contributed by atoms with E-state index in [2.05, 4.69) is 45.0 Å². The predicted molar refractivity (Wildman–Crippen MR) is 111 cm³/mol. The molecule has 2 saturated heterocycles. The van der Waals surface area contributed by atoms with Crippen LogP contribution in [0.5, 0.6) is 0 Å². The van der Waals surface area contributed by atoms with E-state index in [1.807, 2.05) is 0 Å². The summed E-state index contributed by atoms with van der Waals surface area (Å²) >= 11 is 0. The maximum Gasteiger partial charge on any atom is 0.227 e. The van der Waals surface area contributed by atoms with Crippen LogP contribution in [0, 0.1) is 0 Å². The Bertz CT molecular complexity index is 800. The molecule has 1 aromatic carbocycles. The van der Waals surface area contributed by atoms with Crippen LogP contribution in [-0.2, 0) is 24.2 Å². The van der Waals surface area contributed by atoms with Gasteiger partial charge in [-0.1, -0.05) is 30.3 Å². The molecule has 0 amide bonds. The lowest BCUT2D eigenvalue weighted by molar-refractivity contribution is 0.122. The van der Waals surface area contributed by atoms with Crippen LogP contribution < -0.4 is 9.80 Å². The van der Waals surface area contributed by atoms with E-state index in [0.29, 0.717) is 0 Å². The number of nitrogens with zero attached hydrogens (tertiary/aromatic N) is 5. The Balaban J connectivity index is 1.45. The van der Waals surface area contributed by atoms with Gasteiger partial charge in [0.2, 0.25) is 5.95 Å². The molecule has 0 aliphatic carbocycles. The van der Waals surface area contributed by atoms with Gasteiger partial charge in [0, 0.05) is 57.8 Å². The summed E-state index contributed by atoms with van der Waals surface area (Å²) in [5, 5.41) is 0. The first-order chi connectivity index (χ1) is 13.9. The van der Waals surface area contributed by atoms with Crippen LogP contribution in [0.2, 0.25) is 0 Å². The third kappa shape index (κ3) is 3.71. The number of rotatable bonds is 4. The fourth-order valence-electron chi connectivity index (χ4n) is 4.51. The van der Waals surface area contributed by atoms with Gasteiger partial charge in [0.05, 0.1) is 18.9 Å². The number of benzene rings is 1. The van der Waals surface area contributed by atoms with Crippen LogP contribution in [0.15, 0.2) is 30.3 Å². The van der Waals surface area contributed by atoms with Crippen molar-refractivity contribution in [3.63, 3.8) is 0 Å². The van der Waals surface area contributed by atoms with Crippen molar-refractivity contribution in [2.24, 2.45) is 0 Å². The van der Waals surface area contributed by atoms with Gasteiger partial charge in [-0.05, 0) is 18.4 Å². The summed E-state index contributed by atoms with van der Waals surface area (Å²) in [6.45, 7) is 8.54. The first-order valence-corrected chi connectivity index (χ1v) is 10.6. The van der Waals surface area contributed by atoms with E-state index >= 15 is 0 Å². The Hall–Kier alpha value is -2.18.